The van der Waals surface area contributed by atoms with Crippen LogP contribution in [0.25, 0.3) is 36.0 Å². The second kappa shape index (κ2) is 16.0. The third-order valence-electron chi connectivity index (χ3n) is 11.7. The van der Waals surface area contributed by atoms with Crippen LogP contribution >= 0.6 is 34.0 Å². The monoisotopic (exact) mass is 838 g/mol. The van der Waals surface area contributed by atoms with Gasteiger partial charge in [0.1, 0.15) is 51.3 Å². The normalized spacial score (nSPS) is 20.8. The number of nitriles is 1. The fraction of sp³-hybridized carbons (Fsp3) is 0.422. The third-order valence-corrected chi connectivity index (χ3v) is 15.5. The molecule has 1 N–H and O–H groups in total. The Balaban J connectivity index is 1.14. The highest BCUT2D eigenvalue weighted by molar-refractivity contribution is 7.28. The molecular formula is C45H46N2O8S3. The van der Waals surface area contributed by atoms with Gasteiger partial charge in [-0.05, 0) is 54.5 Å². The van der Waals surface area contributed by atoms with Crippen LogP contribution in [0.5, 0.6) is 34.5 Å². The van der Waals surface area contributed by atoms with Crippen LogP contribution in [0.15, 0.2) is 48.1 Å². The minimum Gasteiger partial charge on any atom is -0.485 e. The number of allylic oxidation sites excluding steroid dienone is 2. The summed E-state index contributed by atoms with van der Waals surface area (Å²) in [7, 11) is 0. The molecule has 3 unspecified atom stereocenters. The zero-order chi connectivity index (χ0) is 40.0. The van der Waals surface area contributed by atoms with Crippen LogP contribution in [0.3, 0.4) is 0 Å². The van der Waals surface area contributed by atoms with Gasteiger partial charge in [-0.15, -0.1) is 34.0 Å². The van der Waals surface area contributed by atoms with Gasteiger partial charge in [0.05, 0.1) is 35.3 Å². The summed E-state index contributed by atoms with van der Waals surface area (Å²) in [4.78, 5) is 19.2. The molecule has 1 aliphatic carbocycles. The zero-order valence-corrected chi connectivity index (χ0v) is 35.3. The van der Waals surface area contributed by atoms with Crippen LogP contribution < -0.4 is 33.3 Å². The number of fused-ring (bicyclic) bond motifs is 5. The molecular weight excluding hydrogens is 793 g/mol. The van der Waals surface area contributed by atoms with Gasteiger partial charge >= 0.3 is 5.97 Å². The summed E-state index contributed by atoms with van der Waals surface area (Å²) in [6.07, 6.45) is 17.5. The summed E-state index contributed by atoms with van der Waals surface area (Å²) in [6.45, 7) is 10.3. The Labute approximate surface area is 350 Å². The number of ether oxygens (including phenoxy) is 6. The first-order valence-electron chi connectivity index (χ1n) is 20.2. The van der Waals surface area contributed by atoms with Crippen molar-refractivity contribution in [3.63, 3.8) is 0 Å². The van der Waals surface area contributed by atoms with Gasteiger partial charge in [0.25, 0.3) is 0 Å². The van der Waals surface area contributed by atoms with E-state index in [-0.39, 0.29) is 5.41 Å². The quantitative estimate of drug-likeness (QED) is 0.115. The molecule has 0 saturated heterocycles. The number of thiophene rings is 3. The summed E-state index contributed by atoms with van der Waals surface area (Å²) in [5.74, 6) is 2.88. The van der Waals surface area contributed by atoms with E-state index in [9.17, 15) is 15.2 Å². The molecule has 58 heavy (non-hydrogen) atoms. The Morgan fingerprint density at radius 2 is 1.47 bits per heavy atom. The van der Waals surface area contributed by atoms with Crippen molar-refractivity contribution in [2.24, 2.45) is 11.3 Å². The SMILES string of the molecule is CCCCC(CC)CN1c2ccc(-c3sc(-c4sc(-c5sc(/C=C(\C#N)C(=O)O)c6c5OCCO6)c5c4OCCO5)c4c3OCCO4)cc2CCC2(C)C=CC=CC12. The predicted molar refractivity (Wildman–Crippen MR) is 230 cm³/mol. The maximum atomic E-state index is 11.8. The van der Waals surface area contributed by atoms with E-state index in [0.717, 1.165) is 61.5 Å². The molecule has 0 bridgehead atoms. The minimum absolute atomic E-state index is 0.0333. The molecule has 0 spiro atoms. The Morgan fingerprint density at radius 3 is 2.07 bits per heavy atom. The second-order valence-corrected chi connectivity index (χ2v) is 18.6. The molecule has 4 aromatic rings. The molecule has 1 aromatic carbocycles. The van der Waals surface area contributed by atoms with Crippen LogP contribution in [0, 0.1) is 22.7 Å². The number of aliphatic carboxylic acids is 1. The number of benzene rings is 1. The maximum absolute atomic E-state index is 11.8. The van der Waals surface area contributed by atoms with Crippen LogP contribution in [0.2, 0.25) is 0 Å². The van der Waals surface area contributed by atoms with Crippen molar-refractivity contribution >= 4 is 51.7 Å². The van der Waals surface area contributed by atoms with Gasteiger partial charge in [-0.1, -0.05) is 70.4 Å². The molecule has 3 atom stereocenters. The Hall–Kier alpha value is -4.90. The van der Waals surface area contributed by atoms with Crippen molar-refractivity contribution in [3.05, 3.63) is 58.5 Å². The molecule has 9 rings (SSSR count). The van der Waals surface area contributed by atoms with Gasteiger partial charge < -0.3 is 38.4 Å². The van der Waals surface area contributed by atoms with Gasteiger partial charge in [-0.3, -0.25) is 0 Å². The van der Waals surface area contributed by atoms with Crippen molar-refractivity contribution in [1.82, 2.24) is 0 Å². The molecule has 13 heteroatoms. The summed E-state index contributed by atoms with van der Waals surface area (Å²) >= 11 is 4.45. The van der Waals surface area contributed by atoms with Crippen molar-refractivity contribution in [1.29, 1.82) is 5.26 Å². The smallest absolute Gasteiger partial charge is 0.346 e. The lowest BCUT2D eigenvalue weighted by molar-refractivity contribution is -0.132. The van der Waals surface area contributed by atoms with Gasteiger partial charge in [0, 0.05) is 17.6 Å². The Morgan fingerprint density at radius 1 is 0.879 bits per heavy atom. The summed E-state index contributed by atoms with van der Waals surface area (Å²) in [5, 5.41) is 19.1. The molecule has 302 valence electrons. The topological polar surface area (TPSA) is 120 Å². The van der Waals surface area contributed by atoms with E-state index in [4.69, 9.17) is 28.4 Å². The number of nitrogens with zero attached hydrogens (tertiary/aromatic N) is 2. The summed E-state index contributed by atoms with van der Waals surface area (Å²) in [6, 6.07) is 9.04. The maximum Gasteiger partial charge on any atom is 0.346 e. The number of hydrogen-bond donors (Lipinski definition) is 1. The number of aryl methyl sites for hydroxylation is 1. The van der Waals surface area contributed by atoms with Crippen molar-refractivity contribution in [2.45, 2.75) is 65.3 Å². The van der Waals surface area contributed by atoms with Crippen LogP contribution in [-0.4, -0.2) is 63.3 Å². The largest absolute Gasteiger partial charge is 0.485 e. The Kier molecular flexibility index (Phi) is 10.7. The Bertz CT molecular complexity index is 2380. The molecule has 10 nitrogen and oxygen atoms in total. The second-order valence-electron chi connectivity index (χ2n) is 15.5. The van der Waals surface area contributed by atoms with Crippen LogP contribution in [0.1, 0.15) is 63.3 Å². The number of carbonyl (C=O) groups is 1. The van der Waals surface area contributed by atoms with E-state index in [0.29, 0.717) is 85.2 Å². The molecule has 4 aliphatic heterocycles. The van der Waals surface area contributed by atoms with E-state index < -0.39 is 11.5 Å². The van der Waals surface area contributed by atoms with Gasteiger partial charge in [-0.2, -0.15) is 5.26 Å². The average Bonchev–Trinajstić information content (AvgIpc) is 3.92. The molecule has 0 saturated carbocycles. The lowest BCUT2D eigenvalue weighted by Gasteiger charge is -2.43. The third kappa shape index (κ3) is 6.82. The van der Waals surface area contributed by atoms with Crippen molar-refractivity contribution in [3.8, 4) is 70.5 Å². The van der Waals surface area contributed by atoms with E-state index >= 15 is 0 Å². The lowest BCUT2D eigenvalue weighted by atomic mass is 9.75. The summed E-state index contributed by atoms with van der Waals surface area (Å²) in [5.41, 5.74) is 3.41. The highest BCUT2D eigenvalue weighted by atomic mass is 32.1. The standard InChI is InChI=1S/C45H46N2O8S3/c1-4-6-9-26(5-2)25-47-30-12-11-28(22-27(30)13-15-45(3)14-8-7-10-32(45)47)39-35-36(53-19-18-52-35)42(57-39)43-38-37(54-20-21-55-38)41(58-43)40-34-33(50-16-17-51-34)31(56-40)23-29(24-46)44(48)49/h7-8,10-12,14,22-23,26,32H,4-6,9,13,15-21,25H2,1-3H3,(H,48,49)/b29-23+. The fourth-order valence-electron chi connectivity index (χ4n) is 8.65. The minimum atomic E-state index is -1.31. The van der Waals surface area contributed by atoms with Gasteiger partial charge in [0.15, 0.2) is 34.5 Å². The first kappa shape index (κ1) is 38.6. The van der Waals surface area contributed by atoms with Gasteiger partial charge in [-0.25, -0.2) is 4.79 Å². The molecule has 0 amide bonds. The number of unbranched alkanes of at least 4 members (excludes halogenated alkanes) is 1. The van der Waals surface area contributed by atoms with Crippen LogP contribution in [-0.2, 0) is 11.2 Å². The molecule has 3 aromatic heterocycles. The van der Waals surface area contributed by atoms with Crippen LogP contribution in [0.4, 0.5) is 5.69 Å². The van der Waals surface area contributed by atoms with E-state index in [1.807, 2.05) is 0 Å². The lowest BCUT2D eigenvalue weighted by Crippen LogP contribution is -2.46. The number of hydrogen-bond acceptors (Lipinski definition) is 12. The van der Waals surface area contributed by atoms with E-state index in [1.165, 1.54) is 59.3 Å². The zero-order valence-electron chi connectivity index (χ0n) is 32.9. The number of rotatable bonds is 11. The first-order valence-corrected chi connectivity index (χ1v) is 22.7. The molecule has 0 fully saturated rings. The molecule has 5 aliphatic rings. The van der Waals surface area contributed by atoms with Crippen molar-refractivity contribution < 1.29 is 38.3 Å². The fourth-order valence-corrected chi connectivity index (χ4v) is 12.4. The number of carboxylic acids is 1. The van der Waals surface area contributed by atoms with E-state index in [2.05, 4.69) is 68.2 Å². The molecule has 0 radical (unpaired) electrons. The summed E-state index contributed by atoms with van der Waals surface area (Å²) < 4.78 is 37.8. The predicted octanol–water partition coefficient (Wildman–Crippen LogP) is 10.6. The first-order chi connectivity index (χ1) is 28.3. The number of anilines is 1. The number of carboxylic acid groups (broad SMARTS) is 1. The molecule has 7 heterocycles. The van der Waals surface area contributed by atoms with Gasteiger partial charge in [0.2, 0.25) is 0 Å². The average molecular weight is 839 g/mol. The van der Waals surface area contributed by atoms with Crippen molar-refractivity contribution in [2.75, 3.05) is 51.1 Å². The van der Waals surface area contributed by atoms with E-state index in [1.54, 1.807) is 17.4 Å². The highest BCUT2D eigenvalue weighted by Gasteiger charge is 2.41. The highest BCUT2D eigenvalue weighted by Crippen LogP contribution is 2.64.